The van der Waals surface area contributed by atoms with Crippen LogP contribution in [0.5, 0.6) is 0 Å². The van der Waals surface area contributed by atoms with E-state index in [-0.39, 0.29) is 19.0 Å². The molecule has 0 saturated carbocycles. The highest BCUT2D eigenvalue weighted by atomic mass is 19.1. The van der Waals surface area contributed by atoms with E-state index in [0.29, 0.717) is 19.0 Å². The van der Waals surface area contributed by atoms with E-state index in [9.17, 15) is 4.39 Å². The minimum absolute atomic E-state index is 0.0308. The van der Waals surface area contributed by atoms with Crippen molar-refractivity contribution in [1.29, 1.82) is 0 Å². The van der Waals surface area contributed by atoms with E-state index >= 15 is 0 Å². The number of oxime groups is 1. The number of nitrogens with zero attached hydrogens (tertiary/aromatic N) is 2. The molecule has 74 valence electrons. The van der Waals surface area contributed by atoms with Crippen LogP contribution >= 0.6 is 0 Å². The van der Waals surface area contributed by atoms with Crippen molar-refractivity contribution in [1.82, 2.24) is 4.90 Å². The van der Waals surface area contributed by atoms with Gasteiger partial charge in [0.2, 0.25) is 0 Å². The van der Waals surface area contributed by atoms with Gasteiger partial charge < -0.3 is 14.8 Å². The molecule has 0 spiro atoms. The Kier molecular flexibility index (Phi) is 3.70. The first-order valence-corrected chi connectivity index (χ1v) is 4.11. The van der Waals surface area contributed by atoms with Crippen molar-refractivity contribution in [3.8, 4) is 0 Å². The van der Waals surface area contributed by atoms with Crippen LogP contribution < -0.4 is 0 Å². The summed E-state index contributed by atoms with van der Waals surface area (Å²) in [6.45, 7) is 2.19. The first-order chi connectivity index (χ1) is 6.24. The maximum Gasteiger partial charge on any atom is 0.191 e. The summed E-state index contributed by atoms with van der Waals surface area (Å²) >= 11 is 0. The van der Waals surface area contributed by atoms with Crippen LogP contribution in [0, 0.1) is 0 Å². The van der Waals surface area contributed by atoms with E-state index in [1.807, 2.05) is 0 Å². The van der Waals surface area contributed by atoms with Gasteiger partial charge in [-0.2, -0.15) is 0 Å². The van der Waals surface area contributed by atoms with Crippen LogP contribution in [0.25, 0.3) is 0 Å². The fraction of sp³-hybridized carbons (Fsp3) is 0.625. The monoisotopic (exact) mass is 188 g/mol. The van der Waals surface area contributed by atoms with E-state index in [0.717, 1.165) is 0 Å². The highest BCUT2D eigenvalue weighted by Crippen LogP contribution is 2.08. The zero-order valence-electron chi connectivity index (χ0n) is 7.53. The molecule has 0 atom stereocenters. The first kappa shape index (κ1) is 9.98. The molecule has 0 radical (unpaired) electrons. The summed E-state index contributed by atoms with van der Waals surface area (Å²) in [6.07, 6.45) is 1.71. The summed E-state index contributed by atoms with van der Waals surface area (Å²) in [4.78, 5) is 6.42. The van der Waals surface area contributed by atoms with Crippen LogP contribution in [0.2, 0.25) is 0 Å². The van der Waals surface area contributed by atoms with Crippen molar-refractivity contribution in [3.63, 3.8) is 0 Å². The van der Waals surface area contributed by atoms with Crippen molar-refractivity contribution in [3.05, 3.63) is 11.9 Å². The molecule has 5 heteroatoms. The minimum atomic E-state index is -0.269. The maximum absolute atomic E-state index is 13.0. The number of amidine groups is 1. The quantitative estimate of drug-likeness (QED) is 0.711. The molecule has 1 rings (SSSR count). The molecule has 0 fully saturated rings. The van der Waals surface area contributed by atoms with Crippen molar-refractivity contribution < 1.29 is 14.3 Å². The number of hydrogen-bond donors (Lipinski definition) is 1. The highest BCUT2D eigenvalue weighted by molar-refractivity contribution is 5.80. The second-order valence-electron chi connectivity index (χ2n) is 2.76. The molecule has 13 heavy (non-hydrogen) atoms. The van der Waals surface area contributed by atoms with Crippen LogP contribution in [0.1, 0.15) is 13.3 Å². The maximum atomic E-state index is 13.0. The topological polar surface area (TPSA) is 45.1 Å². The molecular weight excluding hydrogens is 175 g/mol. The van der Waals surface area contributed by atoms with Crippen molar-refractivity contribution in [2.24, 2.45) is 5.16 Å². The lowest BCUT2D eigenvalue weighted by molar-refractivity contribution is 0.111. The first-order valence-electron chi connectivity index (χ1n) is 4.11. The molecule has 0 aliphatic carbocycles. The Hall–Kier alpha value is -1.10. The summed E-state index contributed by atoms with van der Waals surface area (Å²) in [5.74, 6) is 0.404. The van der Waals surface area contributed by atoms with Crippen molar-refractivity contribution in [2.45, 2.75) is 13.3 Å². The molecule has 0 bridgehead atoms. The third kappa shape index (κ3) is 3.02. The molecule has 0 aromatic heterocycles. The third-order valence-electron chi connectivity index (χ3n) is 1.70. The van der Waals surface area contributed by atoms with E-state index in [2.05, 4.69) is 5.16 Å². The zero-order chi connectivity index (χ0) is 9.68. The second-order valence-corrected chi connectivity index (χ2v) is 2.76. The van der Waals surface area contributed by atoms with Gasteiger partial charge in [-0.05, 0) is 19.4 Å². The molecule has 1 aliphatic rings. The number of aliphatic hydroxyl groups excluding tert-OH is 1. The number of halogens is 1. The predicted molar refractivity (Wildman–Crippen MR) is 46.7 cm³/mol. The highest BCUT2D eigenvalue weighted by Gasteiger charge is 2.15. The van der Waals surface area contributed by atoms with Crippen molar-refractivity contribution in [2.75, 3.05) is 19.9 Å². The van der Waals surface area contributed by atoms with E-state index in [4.69, 9.17) is 9.94 Å². The summed E-state index contributed by atoms with van der Waals surface area (Å²) in [5.41, 5.74) is 0. The Balaban J connectivity index is 2.35. The van der Waals surface area contributed by atoms with Crippen LogP contribution in [-0.2, 0) is 4.84 Å². The van der Waals surface area contributed by atoms with E-state index in [1.54, 1.807) is 11.8 Å². The molecule has 0 amide bonds. The Morgan fingerprint density at radius 3 is 3.15 bits per heavy atom. The molecular formula is C8H13FN2O2. The summed E-state index contributed by atoms with van der Waals surface area (Å²) in [7, 11) is 0. The molecule has 0 aromatic carbocycles. The Labute approximate surface area is 76.3 Å². The largest absolute Gasteiger partial charge is 0.396 e. The Bertz CT molecular complexity index is 228. The molecule has 1 aliphatic heterocycles. The summed E-state index contributed by atoms with van der Waals surface area (Å²) < 4.78 is 13.0. The Morgan fingerprint density at radius 1 is 1.85 bits per heavy atom. The fourth-order valence-corrected chi connectivity index (χ4v) is 0.971. The van der Waals surface area contributed by atoms with E-state index in [1.165, 1.54) is 6.08 Å². The SMILES string of the molecule is CC1=NOCN1CC(F)=CCCO. The predicted octanol–water partition coefficient (Wildman–Crippen LogP) is 0.845. The Morgan fingerprint density at radius 2 is 2.62 bits per heavy atom. The van der Waals surface area contributed by atoms with Crippen molar-refractivity contribution >= 4 is 5.84 Å². The third-order valence-corrected chi connectivity index (χ3v) is 1.70. The summed E-state index contributed by atoms with van der Waals surface area (Å²) in [5, 5.41) is 12.1. The van der Waals surface area contributed by atoms with Gasteiger partial charge in [-0.15, -0.1) is 0 Å². The minimum Gasteiger partial charge on any atom is -0.396 e. The number of aliphatic hydroxyl groups is 1. The lowest BCUT2D eigenvalue weighted by Gasteiger charge is -2.13. The van der Waals surface area contributed by atoms with Crippen LogP contribution in [-0.4, -0.2) is 35.7 Å². The fourth-order valence-electron chi connectivity index (χ4n) is 0.971. The summed E-state index contributed by atoms with van der Waals surface area (Å²) in [6, 6.07) is 0. The average Bonchev–Trinajstić information content (AvgIpc) is 2.48. The lowest BCUT2D eigenvalue weighted by atomic mass is 10.3. The molecule has 0 saturated heterocycles. The normalized spacial score (nSPS) is 17.3. The van der Waals surface area contributed by atoms with Gasteiger partial charge in [0.25, 0.3) is 0 Å². The van der Waals surface area contributed by atoms with Gasteiger partial charge in [0.15, 0.2) is 6.73 Å². The van der Waals surface area contributed by atoms with Gasteiger partial charge in [0, 0.05) is 6.61 Å². The van der Waals surface area contributed by atoms with Gasteiger partial charge >= 0.3 is 0 Å². The van der Waals surface area contributed by atoms with Crippen LogP contribution in [0.3, 0.4) is 0 Å². The molecule has 4 nitrogen and oxygen atoms in total. The standard InChI is InChI=1S/C8H13FN2O2/c1-7-10-13-6-11(7)5-8(9)3-2-4-12/h3,12H,2,4-6H2,1H3. The average molecular weight is 188 g/mol. The van der Waals surface area contributed by atoms with Gasteiger partial charge in [-0.25, -0.2) is 4.39 Å². The number of rotatable bonds is 4. The van der Waals surface area contributed by atoms with Crippen LogP contribution in [0.15, 0.2) is 17.1 Å². The molecule has 0 unspecified atom stereocenters. The van der Waals surface area contributed by atoms with Gasteiger partial charge in [0.05, 0.1) is 6.54 Å². The van der Waals surface area contributed by atoms with Gasteiger partial charge in [0.1, 0.15) is 11.7 Å². The lowest BCUT2D eigenvalue weighted by Crippen LogP contribution is -2.26. The molecule has 1 heterocycles. The van der Waals surface area contributed by atoms with Crippen LogP contribution in [0.4, 0.5) is 4.39 Å². The molecule has 1 N–H and O–H groups in total. The van der Waals surface area contributed by atoms with Gasteiger partial charge in [-0.1, -0.05) is 5.16 Å². The second kappa shape index (κ2) is 4.81. The van der Waals surface area contributed by atoms with Gasteiger partial charge in [-0.3, -0.25) is 0 Å². The van der Waals surface area contributed by atoms with E-state index < -0.39 is 0 Å². The molecule has 0 aromatic rings. The number of hydrogen-bond acceptors (Lipinski definition) is 4. The zero-order valence-corrected chi connectivity index (χ0v) is 7.53. The smallest absolute Gasteiger partial charge is 0.191 e.